The molecular weight excluding hydrogens is 288 g/mol. The van der Waals surface area contributed by atoms with E-state index >= 15 is 0 Å². The molecule has 1 fully saturated rings. The first-order chi connectivity index (χ1) is 9.39. The number of hydrogen-bond donors (Lipinski definition) is 0. The van der Waals surface area contributed by atoms with Crippen molar-refractivity contribution in [2.75, 3.05) is 52.7 Å². The highest BCUT2D eigenvalue weighted by Crippen LogP contribution is 2.09. The van der Waals surface area contributed by atoms with Gasteiger partial charge < -0.3 is 14.4 Å². The molecule has 0 radical (unpaired) electrons. The van der Waals surface area contributed by atoms with Crippen molar-refractivity contribution in [2.24, 2.45) is 0 Å². The number of carbonyl (C=O) groups excluding carboxylic acids is 2. The number of methoxy groups -OCH3 is 2. The largest absolute Gasteiger partial charge is 0.469 e. The lowest BCUT2D eigenvalue weighted by Gasteiger charge is -2.33. The van der Waals surface area contributed by atoms with Crippen LogP contribution in [0.5, 0.6) is 0 Å². The maximum Gasteiger partial charge on any atom is 0.322 e. The van der Waals surface area contributed by atoms with E-state index in [0.29, 0.717) is 32.7 Å². The van der Waals surface area contributed by atoms with E-state index < -0.39 is 21.7 Å². The quantitative estimate of drug-likeness (QED) is 0.561. The Labute approximate surface area is 118 Å². The van der Waals surface area contributed by atoms with Gasteiger partial charge in [0.05, 0.1) is 20.6 Å². The summed E-state index contributed by atoms with van der Waals surface area (Å²) in [5, 5.41) is 0. The van der Waals surface area contributed by atoms with Crippen molar-refractivity contribution >= 4 is 22.0 Å². The number of sulfonamides is 1. The van der Waals surface area contributed by atoms with Crippen molar-refractivity contribution < 1.29 is 27.5 Å². The van der Waals surface area contributed by atoms with Crippen molar-refractivity contribution in [1.82, 2.24) is 9.21 Å². The molecule has 0 unspecified atom stereocenters. The third-order valence-corrected chi connectivity index (χ3v) is 4.86. The molecule has 116 valence electrons. The molecule has 1 rings (SSSR count). The number of ether oxygens (including phenoxy) is 2. The molecule has 0 atom stereocenters. The van der Waals surface area contributed by atoms with Crippen molar-refractivity contribution in [3.05, 3.63) is 0 Å². The van der Waals surface area contributed by atoms with Crippen molar-refractivity contribution in [1.29, 1.82) is 0 Å². The maximum absolute atomic E-state index is 11.9. The van der Waals surface area contributed by atoms with Crippen LogP contribution in [0.4, 0.5) is 0 Å². The molecule has 1 saturated heterocycles. The number of hydrogen-bond acceptors (Lipinski definition) is 7. The van der Waals surface area contributed by atoms with Gasteiger partial charge in [0.25, 0.3) is 0 Å². The van der Waals surface area contributed by atoms with E-state index in [1.165, 1.54) is 11.4 Å². The molecule has 1 aliphatic heterocycles. The zero-order valence-electron chi connectivity index (χ0n) is 11.7. The lowest BCUT2D eigenvalue weighted by Crippen LogP contribution is -2.50. The van der Waals surface area contributed by atoms with Crippen LogP contribution in [-0.2, 0) is 29.1 Å². The van der Waals surface area contributed by atoms with E-state index in [-0.39, 0.29) is 12.4 Å². The molecule has 1 aliphatic rings. The average molecular weight is 308 g/mol. The van der Waals surface area contributed by atoms with Gasteiger partial charge in [-0.2, -0.15) is 4.31 Å². The summed E-state index contributed by atoms with van der Waals surface area (Å²) in [5.41, 5.74) is 0. The van der Waals surface area contributed by atoms with Gasteiger partial charge in [0.2, 0.25) is 10.0 Å². The first-order valence-electron chi connectivity index (χ1n) is 6.23. The molecule has 0 aromatic carbocycles. The van der Waals surface area contributed by atoms with E-state index in [1.54, 1.807) is 0 Å². The van der Waals surface area contributed by atoms with Crippen LogP contribution in [0.15, 0.2) is 0 Å². The summed E-state index contributed by atoms with van der Waals surface area (Å²) >= 11 is 0. The molecule has 1 heterocycles. The predicted octanol–water partition coefficient (Wildman–Crippen LogP) is -1.33. The summed E-state index contributed by atoms with van der Waals surface area (Å²) in [4.78, 5) is 24.1. The van der Waals surface area contributed by atoms with Crippen LogP contribution < -0.4 is 0 Å². The molecule has 0 spiro atoms. The Bertz CT molecular complexity index is 442. The Morgan fingerprint density at radius 2 is 1.55 bits per heavy atom. The highest BCUT2D eigenvalue weighted by Gasteiger charge is 2.29. The normalized spacial score (nSPS) is 17.7. The van der Waals surface area contributed by atoms with Gasteiger partial charge in [-0.05, 0) is 0 Å². The Kier molecular flexibility index (Phi) is 6.37. The minimum Gasteiger partial charge on any atom is -0.469 e. The Balaban J connectivity index is 2.41. The molecule has 9 heteroatoms. The van der Waals surface area contributed by atoms with Crippen LogP contribution in [-0.4, -0.2) is 82.3 Å². The number of carbonyl (C=O) groups is 2. The number of esters is 2. The molecule has 20 heavy (non-hydrogen) atoms. The first-order valence-corrected chi connectivity index (χ1v) is 7.83. The molecule has 0 aliphatic carbocycles. The number of nitrogens with zero attached hydrogens (tertiary/aromatic N) is 2. The highest BCUT2D eigenvalue weighted by atomic mass is 32.2. The van der Waals surface area contributed by atoms with Crippen LogP contribution in [0, 0.1) is 0 Å². The molecule has 0 saturated carbocycles. The summed E-state index contributed by atoms with van der Waals surface area (Å²) in [6.07, 6.45) is 0.283. The Hall–Kier alpha value is -1.19. The van der Waals surface area contributed by atoms with Gasteiger partial charge in [0, 0.05) is 32.7 Å². The second-order valence-corrected chi connectivity index (χ2v) is 6.37. The SMILES string of the molecule is COC(=O)CCN1CCN(S(=O)(=O)CC(=O)OC)CC1. The van der Waals surface area contributed by atoms with Gasteiger partial charge in [-0.3, -0.25) is 9.59 Å². The van der Waals surface area contributed by atoms with Gasteiger partial charge in [0.15, 0.2) is 5.75 Å². The maximum atomic E-state index is 11.9. The van der Waals surface area contributed by atoms with Crippen molar-refractivity contribution in [3.63, 3.8) is 0 Å². The summed E-state index contributed by atoms with van der Waals surface area (Å²) in [7, 11) is -1.13. The van der Waals surface area contributed by atoms with E-state index in [2.05, 4.69) is 9.47 Å². The van der Waals surface area contributed by atoms with Crippen LogP contribution in [0.3, 0.4) is 0 Å². The fraction of sp³-hybridized carbons (Fsp3) is 0.818. The lowest BCUT2D eigenvalue weighted by atomic mass is 10.3. The standard InChI is InChI=1S/C11H20N2O6S/c1-18-10(14)3-4-12-5-7-13(8-6-12)20(16,17)9-11(15)19-2/h3-9H2,1-2H3. The van der Waals surface area contributed by atoms with E-state index in [1.807, 2.05) is 4.90 Å². The molecule has 0 aromatic rings. The van der Waals surface area contributed by atoms with E-state index in [4.69, 9.17) is 0 Å². The Morgan fingerprint density at radius 3 is 2.05 bits per heavy atom. The second kappa shape index (κ2) is 7.55. The second-order valence-electron chi connectivity index (χ2n) is 4.40. The fourth-order valence-electron chi connectivity index (χ4n) is 1.88. The summed E-state index contributed by atoms with van der Waals surface area (Å²) in [5.74, 6) is -1.69. The zero-order valence-corrected chi connectivity index (χ0v) is 12.5. The molecule has 0 aromatic heterocycles. The molecule has 0 N–H and O–H groups in total. The van der Waals surface area contributed by atoms with Crippen LogP contribution in [0.25, 0.3) is 0 Å². The van der Waals surface area contributed by atoms with Crippen LogP contribution in [0.2, 0.25) is 0 Å². The summed E-state index contributed by atoms with van der Waals surface area (Å²) in [6, 6.07) is 0. The molecular formula is C11H20N2O6S. The fourth-order valence-corrected chi connectivity index (χ4v) is 3.20. The van der Waals surface area contributed by atoms with Gasteiger partial charge in [-0.15, -0.1) is 0 Å². The number of rotatable bonds is 6. The molecule has 0 amide bonds. The third-order valence-electron chi connectivity index (χ3n) is 3.11. The number of piperazine rings is 1. The van der Waals surface area contributed by atoms with Crippen molar-refractivity contribution in [2.45, 2.75) is 6.42 Å². The van der Waals surface area contributed by atoms with Gasteiger partial charge in [-0.25, -0.2) is 8.42 Å². The van der Waals surface area contributed by atoms with Crippen LogP contribution in [0.1, 0.15) is 6.42 Å². The molecule has 8 nitrogen and oxygen atoms in total. The Morgan fingerprint density at radius 1 is 1.00 bits per heavy atom. The summed E-state index contributed by atoms with van der Waals surface area (Å²) < 4.78 is 34.0. The minimum atomic E-state index is -3.61. The van der Waals surface area contributed by atoms with E-state index in [9.17, 15) is 18.0 Å². The van der Waals surface area contributed by atoms with Gasteiger partial charge in [-0.1, -0.05) is 0 Å². The van der Waals surface area contributed by atoms with Gasteiger partial charge in [0.1, 0.15) is 0 Å². The lowest BCUT2D eigenvalue weighted by molar-refractivity contribution is -0.141. The van der Waals surface area contributed by atoms with E-state index in [0.717, 1.165) is 7.11 Å². The topological polar surface area (TPSA) is 93.2 Å². The zero-order chi connectivity index (χ0) is 15.2. The average Bonchev–Trinajstić information content (AvgIpc) is 2.44. The smallest absolute Gasteiger partial charge is 0.322 e. The van der Waals surface area contributed by atoms with Gasteiger partial charge >= 0.3 is 11.9 Å². The van der Waals surface area contributed by atoms with Crippen LogP contribution >= 0.6 is 0 Å². The molecule has 0 bridgehead atoms. The first kappa shape index (κ1) is 16.9. The predicted molar refractivity (Wildman–Crippen MR) is 70.4 cm³/mol. The minimum absolute atomic E-state index is 0.283. The third kappa shape index (κ3) is 5.06. The van der Waals surface area contributed by atoms with Crippen molar-refractivity contribution in [3.8, 4) is 0 Å². The monoisotopic (exact) mass is 308 g/mol. The summed E-state index contributed by atoms with van der Waals surface area (Å²) in [6.45, 7) is 2.20. The highest BCUT2D eigenvalue weighted by molar-refractivity contribution is 7.89.